The maximum Gasteiger partial charge on any atom is 0.252 e. The van der Waals surface area contributed by atoms with E-state index >= 15 is 0 Å². The number of nitrogens with one attached hydrogen (secondary N) is 2. The maximum atomic E-state index is 13.4. The third-order valence-corrected chi connectivity index (χ3v) is 6.50. The molecule has 0 fully saturated rings. The Labute approximate surface area is 207 Å². The Hall–Kier alpha value is -3.10. The molecule has 2 aromatic heterocycles. The van der Waals surface area contributed by atoms with Crippen LogP contribution < -0.4 is 10.6 Å². The van der Waals surface area contributed by atoms with Crippen LogP contribution >= 0.6 is 0 Å². The highest BCUT2D eigenvalue weighted by Gasteiger charge is 2.20. The number of aromatic nitrogens is 3. The van der Waals surface area contributed by atoms with Gasteiger partial charge in [-0.25, -0.2) is 9.67 Å². The molecule has 0 saturated heterocycles. The van der Waals surface area contributed by atoms with E-state index in [1.54, 1.807) is 6.20 Å². The standard InChI is InChI=1S/C27H37N7O/c1-19(2)34-26-24(17-31-34)23(27(35)30-16-20-8-10-29-11-9-20)15-25(32-26)22-7-5-6-21(14-22)18-33(4)13-12-28-3/h5-7,10,14-15,17,19-20,28H,8-9,11-13,16,18H2,1-4H3,(H,30,35). The smallest absolute Gasteiger partial charge is 0.252 e. The molecule has 35 heavy (non-hydrogen) atoms. The molecule has 1 aliphatic rings. The lowest BCUT2D eigenvalue weighted by Gasteiger charge is -2.18. The summed E-state index contributed by atoms with van der Waals surface area (Å²) in [7, 11) is 4.09. The van der Waals surface area contributed by atoms with E-state index in [1.165, 1.54) is 5.56 Å². The highest BCUT2D eigenvalue weighted by atomic mass is 16.1. The Morgan fingerprint density at radius 3 is 2.89 bits per heavy atom. The van der Waals surface area contributed by atoms with Gasteiger partial charge in [0.15, 0.2) is 5.65 Å². The second-order valence-electron chi connectivity index (χ2n) is 9.71. The van der Waals surface area contributed by atoms with Gasteiger partial charge in [0, 0.05) is 44.3 Å². The van der Waals surface area contributed by atoms with Crippen molar-refractivity contribution in [2.75, 3.05) is 40.3 Å². The van der Waals surface area contributed by atoms with Crippen molar-refractivity contribution >= 4 is 23.2 Å². The summed E-state index contributed by atoms with van der Waals surface area (Å²) in [5, 5.41) is 11.7. The molecule has 8 heteroatoms. The molecule has 3 aromatic rings. The van der Waals surface area contributed by atoms with Crippen LogP contribution in [-0.2, 0) is 6.54 Å². The molecule has 1 aliphatic heterocycles. The number of hydrogen-bond donors (Lipinski definition) is 2. The summed E-state index contributed by atoms with van der Waals surface area (Å²) >= 11 is 0. The van der Waals surface area contributed by atoms with Gasteiger partial charge in [0.25, 0.3) is 5.91 Å². The summed E-state index contributed by atoms with van der Waals surface area (Å²) in [5.74, 6) is 0.357. The van der Waals surface area contributed by atoms with Crippen molar-refractivity contribution in [3.8, 4) is 11.3 Å². The molecule has 4 rings (SSSR count). The molecule has 0 aliphatic carbocycles. The fraction of sp³-hybridized carbons (Fsp3) is 0.481. The zero-order chi connectivity index (χ0) is 24.8. The second kappa shape index (κ2) is 11.6. The first-order valence-corrected chi connectivity index (χ1v) is 12.5. The molecule has 1 unspecified atom stereocenters. The van der Waals surface area contributed by atoms with Crippen LogP contribution in [0.5, 0.6) is 0 Å². The third-order valence-electron chi connectivity index (χ3n) is 6.50. The van der Waals surface area contributed by atoms with Crippen molar-refractivity contribution < 1.29 is 4.79 Å². The maximum absolute atomic E-state index is 13.4. The number of amides is 1. The van der Waals surface area contributed by atoms with Gasteiger partial charge in [0.05, 0.1) is 22.8 Å². The van der Waals surface area contributed by atoms with E-state index in [2.05, 4.69) is 70.8 Å². The van der Waals surface area contributed by atoms with Crippen LogP contribution in [0.4, 0.5) is 0 Å². The minimum absolute atomic E-state index is 0.0765. The van der Waals surface area contributed by atoms with E-state index in [0.717, 1.165) is 61.3 Å². The number of carbonyl (C=O) groups is 1. The van der Waals surface area contributed by atoms with Gasteiger partial charge >= 0.3 is 0 Å². The second-order valence-corrected chi connectivity index (χ2v) is 9.71. The molecular formula is C27H37N7O. The number of fused-ring (bicyclic) bond motifs is 1. The van der Waals surface area contributed by atoms with Gasteiger partial charge in [0.1, 0.15) is 0 Å². The topological polar surface area (TPSA) is 87.4 Å². The van der Waals surface area contributed by atoms with Gasteiger partial charge in [-0.15, -0.1) is 0 Å². The molecule has 2 N–H and O–H groups in total. The molecular weight excluding hydrogens is 438 g/mol. The van der Waals surface area contributed by atoms with Crippen LogP contribution in [0.25, 0.3) is 22.3 Å². The number of nitrogens with zero attached hydrogens (tertiary/aromatic N) is 5. The van der Waals surface area contributed by atoms with E-state index in [0.29, 0.717) is 18.0 Å². The highest BCUT2D eigenvalue weighted by molar-refractivity contribution is 6.06. The summed E-state index contributed by atoms with van der Waals surface area (Å²) in [5.41, 5.74) is 4.36. The van der Waals surface area contributed by atoms with Crippen molar-refractivity contribution in [3.63, 3.8) is 0 Å². The first-order chi connectivity index (χ1) is 17.0. The average Bonchev–Trinajstić information content (AvgIpc) is 3.31. The van der Waals surface area contributed by atoms with Gasteiger partial charge in [-0.3, -0.25) is 9.79 Å². The van der Waals surface area contributed by atoms with E-state index in [4.69, 9.17) is 4.98 Å². The van der Waals surface area contributed by atoms with Crippen LogP contribution in [0, 0.1) is 5.92 Å². The van der Waals surface area contributed by atoms with Gasteiger partial charge < -0.3 is 15.5 Å². The van der Waals surface area contributed by atoms with E-state index < -0.39 is 0 Å². The lowest BCUT2D eigenvalue weighted by molar-refractivity contribution is 0.0948. The lowest BCUT2D eigenvalue weighted by Crippen LogP contribution is -2.31. The van der Waals surface area contributed by atoms with Crippen LogP contribution in [-0.4, -0.2) is 72.1 Å². The third kappa shape index (κ3) is 6.13. The first-order valence-electron chi connectivity index (χ1n) is 12.5. The number of aliphatic imine (C=N–C) groups is 1. The SMILES string of the molecule is CNCCN(C)Cc1cccc(-c2cc(C(=O)NCC3CC=NCC3)c3cnn(C(C)C)c3n2)c1. The Morgan fingerprint density at radius 2 is 2.14 bits per heavy atom. The molecule has 1 amide bonds. The Balaban J connectivity index is 1.65. The molecule has 3 heterocycles. The van der Waals surface area contributed by atoms with Crippen molar-refractivity contribution in [2.45, 2.75) is 39.3 Å². The number of likely N-dealkylation sites (N-methyl/N-ethyl adjacent to an activating group) is 2. The minimum Gasteiger partial charge on any atom is -0.352 e. The molecule has 0 bridgehead atoms. The summed E-state index contributed by atoms with van der Waals surface area (Å²) in [6.07, 6.45) is 5.66. The van der Waals surface area contributed by atoms with Crippen molar-refractivity contribution in [1.29, 1.82) is 0 Å². The summed E-state index contributed by atoms with van der Waals surface area (Å²) in [6, 6.07) is 10.5. The van der Waals surface area contributed by atoms with Crippen molar-refractivity contribution in [2.24, 2.45) is 10.9 Å². The normalized spacial score (nSPS) is 15.9. The molecule has 0 saturated carbocycles. The van der Waals surface area contributed by atoms with Gasteiger partial charge in [-0.05, 0) is 70.6 Å². The monoisotopic (exact) mass is 475 g/mol. The predicted molar refractivity (Wildman–Crippen MR) is 142 cm³/mol. The number of rotatable bonds is 10. The Morgan fingerprint density at radius 1 is 1.29 bits per heavy atom. The largest absolute Gasteiger partial charge is 0.352 e. The lowest BCUT2D eigenvalue weighted by atomic mass is 9.99. The molecule has 186 valence electrons. The van der Waals surface area contributed by atoms with Gasteiger partial charge in [-0.2, -0.15) is 5.10 Å². The molecule has 0 radical (unpaired) electrons. The van der Waals surface area contributed by atoms with Crippen molar-refractivity contribution in [3.05, 3.63) is 47.7 Å². The van der Waals surface area contributed by atoms with E-state index in [-0.39, 0.29) is 11.9 Å². The van der Waals surface area contributed by atoms with Gasteiger partial charge in [-0.1, -0.05) is 18.2 Å². The Kier molecular flexibility index (Phi) is 8.25. The fourth-order valence-electron chi connectivity index (χ4n) is 4.46. The van der Waals surface area contributed by atoms with E-state index in [9.17, 15) is 4.79 Å². The van der Waals surface area contributed by atoms with Crippen LogP contribution in [0.2, 0.25) is 0 Å². The first kappa shape index (κ1) is 25.0. The van der Waals surface area contributed by atoms with Crippen LogP contribution in [0.1, 0.15) is 48.7 Å². The van der Waals surface area contributed by atoms with Crippen LogP contribution in [0.3, 0.4) is 0 Å². The molecule has 0 spiro atoms. The quantitative estimate of drug-likeness (QED) is 0.468. The van der Waals surface area contributed by atoms with E-state index in [1.807, 2.05) is 24.0 Å². The van der Waals surface area contributed by atoms with Crippen molar-refractivity contribution in [1.82, 2.24) is 30.3 Å². The zero-order valence-corrected chi connectivity index (χ0v) is 21.3. The average molecular weight is 476 g/mol. The fourth-order valence-corrected chi connectivity index (χ4v) is 4.46. The highest BCUT2D eigenvalue weighted by Crippen LogP contribution is 2.27. The summed E-state index contributed by atoms with van der Waals surface area (Å²) in [6.45, 7) is 8.40. The molecule has 1 aromatic carbocycles. The molecule has 1 atom stereocenters. The zero-order valence-electron chi connectivity index (χ0n) is 21.3. The number of pyridine rings is 1. The minimum atomic E-state index is -0.0765. The Bertz CT molecular complexity index is 1180. The summed E-state index contributed by atoms with van der Waals surface area (Å²) < 4.78 is 1.89. The summed E-state index contributed by atoms with van der Waals surface area (Å²) in [4.78, 5) is 24.9. The molecule has 8 nitrogen and oxygen atoms in total. The predicted octanol–water partition coefficient (Wildman–Crippen LogP) is 3.54. The number of carbonyl (C=O) groups excluding carboxylic acids is 1. The number of hydrogen-bond acceptors (Lipinski definition) is 6. The van der Waals surface area contributed by atoms with Crippen LogP contribution in [0.15, 0.2) is 41.5 Å². The van der Waals surface area contributed by atoms with Gasteiger partial charge in [0.2, 0.25) is 0 Å². The number of benzene rings is 1.